The van der Waals surface area contributed by atoms with Crippen molar-refractivity contribution in [1.29, 1.82) is 0 Å². The van der Waals surface area contributed by atoms with E-state index in [2.05, 4.69) is 48.4 Å². The Kier molecular flexibility index (Phi) is 4.29. The van der Waals surface area contributed by atoms with Crippen molar-refractivity contribution in [2.75, 3.05) is 0 Å². The van der Waals surface area contributed by atoms with Gasteiger partial charge in [0.05, 0.1) is 11.1 Å². The maximum absolute atomic E-state index is 13.3. The molecule has 0 aliphatic heterocycles. The van der Waals surface area contributed by atoms with Crippen LogP contribution in [0.2, 0.25) is 0 Å². The van der Waals surface area contributed by atoms with E-state index in [0.717, 1.165) is 36.3 Å². The second kappa shape index (κ2) is 6.52. The highest BCUT2D eigenvalue weighted by Gasteiger charge is 2.38. The average molecular weight is 361 g/mol. The molecule has 0 fully saturated rings. The first kappa shape index (κ1) is 17.8. The van der Waals surface area contributed by atoms with Gasteiger partial charge in [0.15, 0.2) is 0 Å². The molecule has 1 amide bonds. The summed E-state index contributed by atoms with van der Waals surface area (Å²) >= 11 is 0. The van der Waals surface area contributed by atoms with Gasteiger partial charge in [-0.1, -0.05) is 38.1 Å². The lowest BCUT2D eigenvalue weighted by Gasteiger charge is -2.41. The lowest BCUT2D eigenvalue weighted by atomic mass is 9.71. The molecule has 2 aromatic heterocycles. The zero-order valence-electron chi connectivity index (χ0n) is 16.5. The average Bonchev–Trinajstić information content (AvgIpc) is 3.09. The highest BCUT2D eigenvalue weighted by Crippen LogP contribution is 2.43. The van der Waals surface area contributed by atoms with E-state index in [1.807, 2.05) is 36.6 Å². The molecule has 4 rings (SSSR count). The number of amides is 1. The maximum atomic E-state index is 13.3. The summed E-state index contributed by atoms with van der Waals surface area (Å²) in [7, 11) is 0. The molecular weight excluding hydrogens is 334 g/mol. The first-order valence-corrected chi connectivity index (χ1v) is 9.82. The zero-order chi connectivity index (χ0) is 19.2. The van der Waals surface area contributed by atoms with Gasteiger partial charge in [-0.2, -0.15) is 0 Å². The molecular formula is C23H27N3O. The summed E-state index contributed by atoms with van der Waals surface area (Å²) in [5.74, 6) is 0.487. The smallest absolute Gasteiger partial charge is 0.255 e. The van der Waals surface area contributed by atoms with Crippen LogP contribution < -0.4 is 5.32 Å². The van der Waals surface area contributed by atoms with Gasteiger partial charge in [-0.15, -0.1) is 0 Å². The first-order chi connectivity index (χ1) is 12.9. The summed E-state index contributed by atoms with van der Waals surface area (Å²) in [6.45, 7) is 8.44. The number of benzene rings is 1. The Morgan fingerprint density at radius 1 is 1.30 bits per heavy atom. The molecule has 2 atom stereocenters. The summed E-state index contributed by atoms with van der Waals surface area (Å²) in [6.07, 6.45) is 4.85. The minimum absolute atomic E-state index is 0.0405. The fourth-order valence-corrected chi connectivity index (χ4v) is 4.56. The SMILES string of the molecule is CCC1(NC(=O)c2ccn3c(C)cc(C)nc23)CCC(C)c2ccccc21. The minimum atomic E-state index is -0.312. The van der Waals surface area contributed by atoms with E-state index in [9.17, 15) is 4.79 Å². The van der Waals surface area contributed by atoms with Gasteiger partial charge in [0, 0.05) is 17.6 Å². The van der Waals surface area contributed by atoms with Crippen LogP contribution in [0, 0.1) is 13.8 Å². The van der Waals surface area contributed by atoms with Crippen LogP contribution in [0.5, 0.6) is 0 Å². The number of aryl methyl sites for hydroxylation is 2. The Morgan fingerprint density at radius 3 is 2.85 bits per heavy atom. The summed E-state index contributed by atoms with van der Waals surface area (Å²) in [5.41, 5.74) is 5.70. The standard InChI is InChI=1S/C23H27N3O/c1-5-23(12-10-15(2)18-8-6-7-9-20(18)23)25-22(27)19-11-13-26-17(4)14-16(3)24-21(19)26/h6-9,11,13-15H,5,10,12H2,1-4H3,(H,25,27). The number of rotatable bonds is 3. The molecule has 140 valence electrons. The Labute approximate surface area is 160 Å². The predicted molar refractivity (Wildman–Crippen MR) is 108 cm³/mol. The van der Waals surface area contributed by atoms with E-state index in [4.69, 9.17) is 0 Å². The molecule has 0 spiro atoms. The normalized spacial score (nSPS) is 21.9. The monoisotopic (exact) mass is 361 g/mol. The summed E-state index contributed by atoms with van der Waals surface area (Å²) in [6, 6.07) is 12.5. The maximum Gasteiger partial charge on any atom is 0.255 e. The van der Waals surface area contributed by atoms with Crippen LogP contribution >= 0.6 is 0 Å². The Bertz CT molecular complexity index is 1020. The molecule has 1 aliphatic carbocycles. The Morgan fingerprint density at radius 2 is 2.07 bits per heavy atom. The van der Waals surface area contributed by atoms with Crippen molar-refractivity contribution in [2.45, 2.75) is 58.4 Å². The van der Waals surface area contributed by atoms with E-state index in [-0.39, 0.29) is 11.4 Å². The van der Waals surface area contributed by atoms with E-state index in [1.165, 1.54) is 11.1 Å². The van der Waals surface area contributed by atoms with Crippen molar-refractivity contribution in [3.8, 4) is 0 Å². The van der Waals surface area contributed by atoms with Crippen molar-refractivity contribution in [1.82, 2.24) is 14.7 Å². The van der Waals surface area contributed by atoms with Crippen molar-refractivity contribution in [3.63, 3.8) is 0 Å². The molecule has 0 bridgehead atoms. The van der Waals surface area contributed by atoms with Crippen molar-refractivity contribution in [2.24, 2.45) is 0 Å². The second-order valence-electron chi connectivity index (χ2n) is 7.88. The van der Waals surface area contributed by atoms with Crippen LogP contribution in [-0.4, -0.2) is 15.3 Å². The van der Waals surface area contributed by atoms with E-state index in [0.29, 0.717) is 11.5 Å². The molecule has 0 radical (unpaired) electrons. The molecule has 1 aromatic carbocycles. The molecule has 2 heterocycles. The number of fused-ring (bicyclic) bond motifs is 2. The molecule has 1 aliphatic rings. The van der Waals surface area contributed by atoms with Gasteiger partial charge >= 0.3 is 0 Å². The lowest BCUT2D eigenvalue weighted by molar-refractivity contribution is 0.0879. The van der Waals surface area contributed by atoms with Gasteiger partial charge in [0.1, 0.15) is 5.65 Å². The molecule has 2 unspecified atom stereocenters. The van der Waals surface area contributed by atoms with Gasteiger partial charge in [0.25, 0.3) is 5.91 Å². The topological polar surface area (TPSA) is 46.4 Å². The molecule has 27 heavy (non-hydrogen) atoms. The van der Waals surface area contributed by atoms with Gasteiger partial charge in [-0.25, -0.2) is 4.98 Å². The third kappa shape index (κ3) is 2.84. The lowest BCUT2D eigenvalue weighted by Crippen LogP contribution is -2.48. The number of carbonyl (C=O) groups excluding carboxylic acids is 1. The Balaban J connectivity index is 1.75. The van der Waals surface area contributed by atoms with Crippen LogP contribution in [0.1, 0.15) is 71.9 Å². The quantitative estimate of drug-likeness (QED) is 0.722. The van der Waals surface area contributed by atoms with Gasteiger partial charge in [0.2, 0.25) is 0 Å². The van der Waals surface area contributed by atoms with E-state index < -0.39 is 0 Å². The second-order valence-corrected chi connectivity index (χ2v) is 7.88. The van der Waals surface area contributed by atoms with Crippen LogP contribution in [0.15, 0.2) is 42.6 Å². The van der Waals surface area contributed by atoms with E-state index in [1.54, 1.807) is 0 Å². The number of nitrogens with one attached hydrogen (secondary N) is 1. The van der Waals surface area contributed by atoms with Crippen molar-refractivity contribution in [3.05, 3.63) is 70.7 Å². The van der Waals surface area contributed by atoms with Gasteiger partial charge in [-0.05, 0) is 62.3 Å². The van der Waals surface area contributed by atoms with E-state index >= 15 is 0 Å². The predicted octanol–water partition coefficient (Wildman–Crippen LogP) is 4.88. The van der Waals surface area contributed by atoms with Crippen LogP contribution in [0.4, 0.5) is 0 Å². The van der Waals surface area contributed by atoms with Crippen molar-refractivity contribution >= 4 is 11.6 Å². The largest absolute Gasteiger partial charge is 0.342 e. The number of nitrogens with zero attached hydrogens (tertiary/aromatic N) is 2. The highest BCUT2D eigenvalue weighted by atomic mass is 16.1. The minimum Gasteiger partial charge on any atom is -0.342 e. The highest BCUT2D eigenvalue weighted by molar-refractivity contribution is 6.00. The van der Waals surface area contributed by atoms with Crippen molar-refractivity contribution < 1.29 is 4.79 Å². The molecule has 1 N–H and O–H groups in total. The summed E-state index contributed by atoms with van der Waals surface area (Å²) < 4.78 is 1.98. The number of carbonyl (C=O) groups is 1. The molecule has 0 saturated carbocycles. The molecule has 4 nitrogen and oxygen atoms in total. The zero-order valence-corrected chi connectivity index (χ0v) is 16.5. The number of aromatic nitrogens is 2. The van der Waals surface area contributed by atoms with Crippen LogP contribution in [0.3, 0.4) is 0 Å². The van der Waals surface area contributed by atoms with Crippen LogP contribution in [-0.2, 0) is 5.54 Å². The fourth-order valence-electron chi connectivity index (χ4n) is 4.56. The summed E-state index contributed by atoms with van der Waals surface area (Å²) in [5, 5.41) is 3.40. The molecule has 0 saturated heterocycles. The Hall–Kier alpha value is -2.62. The summed E-state index contributed by atoms with van der Waals surface area (Å²) in [4.78, 5) is 17.9. The first-order valence-electron chi connectivity index (χ1n) is 9.82. The molecule has 3 aromatic rings. The van der Waals surface area contributed by atoms with Crippen LogP contribution in [0.25, 0.3) is 5.65 Å². The van der Waals surface area contributed by atoms with Gasteiger partial charge in [-0.3, -0.25) is 4.79 Å². The number of hydrogen-bond donors (Lipinski definition) is 1. The number of hydrogen-bond acceptors (Lipinski definition) is 2. The third-order valence-corrected chi connectivity index (χ3v) is 6.15. The van der Waals surface area contributed by atoms with Gasteiger partial charge < -0.3 is 9.72 Å². The third-order valence-electron chi connectivity index (χ3n) is 6.15. The fraction of sp³-hybridized carbons (Fsp3) is 0.391. The molecule has 4 heteroatoms.